The summed E-state index contributed by atoms with van der Waals surface area (Å²) in [6, 6.07) is 17.4. The summed E-state index contributed by atoms with van der Waals surface area (Å²) in [7, 11) is 2.19. The van der Waals surface area contributed by atoms with Gasteiger partial charge < -0.3 is 20.1 Å². The van der Waals surface area contributed by atoms with E-state index >= 15 is 0 Å². The molecule has 1 aliphatic carbocycles. The number of likely N-dealkylation sites (N-methyl/N-ethyl adjacent to an activating group) is 1. The smallest absolute Gasteiger partial charge is 0.116 e. The van der Waals surface area contributed by atoms with Crippen LogP contribution in [-0.2, 0) is 0 Å². The number of nitrogens with zero attached hydrogens (tertiary/aromatic N) is 4. The predicted molar refractivity (Wildman–Crippen MR) is 161 cm³/mol. The summed E-state index contributed by atoms with van der Waals surface area (Å²) in [5, 5.41) is 13.8. The molecule has 4 heterocycles. The molecule has 1 saturated carbocycles. The third-order valence-electron chi connectivity index (χ3n) is 8.53. The third-order valence-corrected chi connectivity index (χ3v) is 8.53. The molecule has 39 heavy (non-hydrogen) atoms. The molecule has 7 nitrogen and oxygen atoms in total. The van der Waals surface area contributed by atoms with Crippen LogP contribution in [0, 0.1) is 5.92 Å². The van der Waals surface area contributed by atoms with Gasteiger partial charge in [-0.3, -0.25) is 10.1 Å². The molecule has 5 aromatic rings. The number of hydrogen-bond donors (Lipinski definition) is 3. The average Bonchev–Trinajstić information content (AvgIpc) is 3.73. The molecular weight excluding hydrogens is 482 g/mol. The number of allylic oxidation sites excluding steroid dienone is 1. The number of hydrogen-bond acceptors (Lipinski definition) is 5. The summed E-state index contributed by atoms with van der Waals surface area (Å²) in [6.07, 6.45) is 8.85. The number of anilines is 2. The first kappa shape index (κ1) is 24.0. The van der Waals surface area contributed by atoms with Gasteiger partial charge in [0.2, 0.25) is 0 Å². The van der Waals surface area contributed by atoms with E-state index in [-0.39, 0.29) is 0 Å². The fourth-order valence-electron chi connectivity index (χ4n) is 6.22. The molecule has 2 fully saturated rings. The second-order valence-electron chi connectivity index (χ2n) is 11.1. The van der Waals surface area contributed by atoms with Crippen LogP contribution in [-0.4, -0.2) is 58.3 Å². The maximum atomic E-state index is 4.73. The number of rotatable bonds is 6. The minimum absolute atomic E-state index is 0.562. The van der Waals surface area contributed by atoms with Gasteiger partial charge in [0, 0.05) is 65.6 Å². The van der Waals surface area contributed by atoms with Crippen LogP contribution in [0.1, 0.15) is 25.7 Å². The summed E-state index contributed by atoms with van der Waals surface area (Å²) in [4.78, 5) is 13.1. The van der Waals surface area contributed by atoms with Gasteiger partial charge in [-0.1, -0.05) is 31.6 Å². The van der Waals surface area contributed by atoms with Crippen LogP contribution >= 0.6 is 0 Å². The summed E-state index contributed by atoms with van der Waals surface area (Å²) in [5.41, 5.74) is 9.68. The van der Waals surface area contributed by atoms with E-state index in [0.29, 0.717) is 5.92 Å². The van der Waals surface area contributed by atoms with Gasteiger partial charge >= 0.3 is 0 Å². The lowest BCUT2D eigenvalue weighted by Gasteiger charge is -2.34. The zero-order valence-corrected chi connectivity index (χ0v) is 22.5. The van der Waals surface area contributed by atoms with Crippen LogP contribution in [0.4, 0.5) is 11.4 Å². The van der Waals surface area contributed by atoms with Gasteiger partial charge in [0.05, 0.1) is 23.1 Å². The van der Waals surface area contributed by atoms with E-state index in [1.165, 1.54) is 36.8 Å². The van der Waals surface area contributed by atoms with Crippen molar-refractivity contribution in [3.05, 3.63) is 73.2 Å². The predicted octanol–water partition coefficient (Wildman–Crippen LogP) is 6.64. The highest BCUT2D eigenvalue weighted by atomic mass is 15.2. The lowest BCUT2D eigenvalue weighted by Crippen LogP contribution is -2.44. The second-order valence-corrected chi connectivity index (χ2v) is 11.1. The Kier molecular flexibility index (Phi) is 6.08. The zero-order valence-electron chi connectivity index (χ0n) is 22.5. The Labute approximate surface area is 228 Å². The summed E-state index contributed by atoms with van der Waals surface area (Å²) >= 11 is 0. The average molecular weight is 518 g/mol. The van der Waals surface area contributed by atoms with Crippen molar-refractivity contribution in [2.45, 2.75) is 25.7 Å². The number of piperazine rings is 1. The van der Waals surface area contributed by atoms with Crippen molar-refractivity contribution in [3.63, 3.8) is 0 Å². The highest BCUT2D eigenvalue weighted by Crippen LogP contribution is 2.36. The Morgan fingerprint density at radius 2 is 1.77 bits per heavy atom. The Bertz CT molecular complexity index is 1650. The third kappa shape index (κ3) is 4.57. The van der Waals surface area contributed by atoms with E-state index in [1.807, 2.05) is 12.4 Å². The van der Waals surface area contributed by atoms with Gasteiger partial charge in [-0.15, -0.1) is 0 Å². The molecule has 0 atom stereocenters. The number of nitrogens with one attached hydrogen (secondary N) is 3. The Hall–Kier alpha value is -4.10. The van der Waals surface area contributed by atoms with Crippen molar-refractivity contribution in [3.8, 4) is 22.5 Å². The van der Waals surface area contributed by atoms with Gasteiger partial charge in [0.1, 0.15) is 5.69 Å². The molecule has 2 aromatic carbocycles. The maximum Gasteiger partial charge on any atom is 0.116 e. The Morgan fingerprint density at radius 3 is 2.62 bits per heavy atom. The van der Waals surface area contributed by atoms with Gasteiger partial charge in [-0.05, 0) is 67.8 Å². The highest BCUT2D eigenvalue weighted by molar-refractivity contribution is 6.01. The quantitative estimate of drug-likeness (QED) is 0.235. The first-order valence-corrected chi connectivity index (χ1v) is 14.1. The highest BCUT2D eigenvalue weighted by Gasteiger charge is 2.20. The van der Waals surface area contributed by atoms with Crippen molar-refractivity contribution in [1.82, 2.24) is 25.1 Å². The van der Waals surface area contributed by atoms with Gasteiger partial charge in [0.25, 0.3) is 0 Å². The molecule has 0 unspecified atom stereocenters. The van der Waals surface area contributed by atoms with E-state index in [9.17, 15) is 0 Å². The van der Waals surface area contributed by atoms with Crippen molar-refractivity contribution >= 4 is 33.2 Å². The van der Waals surface area contributed by atoms with Crippen LogP contribution in [0.5, 0.6) is 0 Å². The lowest BCUT2D eigenvalue weighted by molar-refractivity contribution is 0.313. The van der Waals surface area contributed by atoms with Crippen LogP contribution in [0.3, 0.4) is 0 Å². The molecule has 198 valence electrons. The van der Waals surface area contributed by atoms with Gasteiger partial charge in [-0.2, -0.15) is 5.10 Å². The normalized spacial score (nSPS) is 16.9. The molecule has 0 spiro atoms. The molecule has 1 aliphatic heterocycles. The topological polar surface area (TPSA) is 75.9 Å². The Morgan fingerprint density at radius 1 is 0.923 bits per heavy atom. The van der Waals surface area contributed by atoms with E-state index in [0.717, 1.165) is 76.5 Å². The molecule has 1 saturated heterocycles. The van der Waals surface area contributed by atoms with E-state index < -0.39 is 0 Å². The fraction of sp³-hybridized carbons (Fsp3) is 0.312. The molecule has 7 heteroatoms. The van der Waals surface area contributed by atoms with Gasteiger partial charge in [0.15, 0.2) is 0 Å². The first-order chi connectivity index (χ1) is 19.1. The monoisotopic (exact) mass is 517 g/mol. The van der Waals surface area contributed by atoms with Crippen molar-refractivity contribution < 1.29 is 0 Å². The molecule has 0 amide bonds. The second kappa shape index (κ2) is 9.89. The minimum atomic E-state index is 0.562. The van der Waals surface area contributed by atoms with Gasteiger partial charge in [-0.25, -0.2) is 0 Å². The van der Waals surface area contributed by atoms with Crippen molar-refractivity contribution in [2.75, 3.05) is 43.4 Å². The molecule has 7 rings (SSSR count). The van der Waals surface area contributed by atoms with E-state index in [1.54, 1.807) is 0 Å². The number of aromatic nitrogens is 4. The van der Waals surface area contributed by atoms with Crippen LogP contribution < -0.4 is 10.2 Å². The molecule has 0 radical (unpaired) electrons. The zero-order chi connectivity index (χ0) is 26.3. The first-order valence-electron chi connectivity index (χ1n) is 14.1. The maximum absolute atomic E-state index is 4.73. The van der Waals surface area contributed by atoms with E-state index in [2.05, 4.69) is 92.3 Å². The van der Waals surface area contributed by atoms with E-state index in [4.69, 9.17) is 5.10 Å². The molecule has 3 aromatic heterocycles. The number of benzene rings is 2. The molecular formula is C32H35N7. The number of fused-ring (bicyclic) bond motifs is 2. The summed E-state index contributed by atoms with van der Waals surface area (Å²) in [6.45, 7) is 8.56. The van der Waals surface area contributed by atoms with Crippen LogP contribution in [0.15, 0.2) is 73.2 Å². The summed E-state index contributed by atoms with van der Waals surface area (Å²) < 4.78 is 0. The minimum Gasteiger partial charge on any atom is -0.368 e. The fourth-order valence-corrected chi connectivity index (χ4v) is 6.22. The van der Waals surface area contributed by atoms with Crippen LogP contribution in [0.2, 0.25) is 0 Å². The lowest BCUT2D eigenvalue weighted by atomic mass is 10.0. The molecule has 2 aliphatic rings. The number of H-pyrrole nitrogens is 2. The number of aromatic amines is 2. The molecule has 0 bridgehead atoms. The number of pyridine rings is 1. The molecule has 3 N–H and O–H groups in total. The standard InChI is InChI=1S/C32H35N7/c1-21(22-6-3-4-7-22)34-25-16-24(19-33-20-25)23-10-11-29-27(17-23)32(37-36-29)30-18-26-28(35-30)8-5-9-31(26)39-14-12-38(2)13-15-39/h5,8-11,16-20,22,34-35H,1,3-4,6-7,12-15H2,2H3,(H,36,37). The van der Waals surface area contributed by atoms with Crippen molar-refractivity contribution in [1.29, 1.82) is 0 Å². The SMILES string of the molecule is C=C(Nc1cncc(-c2ccc3[nH]nc(-c4cc5c(N6CCN(C)CC6)cccc5[nH]4)c3c2)c1)C1CCCC1. The van der Waals surface area contributed by atoms with Crippen LogP contribution in [0.25, 0.3) is 44.3 Å². The Balaban J connectivity index is 1.21. The van der Waals surface area contributed by atoms with Crippen molar-refractivity contribution in [2.24, 2.45) is 5.92 Å². The largest absolute Gasteiger partial charge is 0.368 e. The summed E-state index contributed by atoms with van der Waals surface area (Å²) in [5.74, 6) is 0.562.